The van der Waals surface area contributed by atoms with E-state index in [0.29, 0.717) is 6.54 Å². The molecule has 0 radical (unpaired) electrons. The van der Waals surface area contributed by atoms with Gasteiger partial charge in [0.05, 0.1) is 6.42 Å². The molecule has 1 N–H and O–H groups in total. The van der Waals surface area contributed by atoms with Crippen molar-refractivity contribution in [1.29, 1.82) is 0 Å². The average molecular weight is 245 g/mol. The van der Waals surface area contributed by atoms with E-state index in [1.54, 1.807) is 0 Å². The van der Waals surface area contributed by atoms with Crippen LogP contribution in [0.25, 0.3) is 0 Å². The van der Waals surface area contributed by atoms with E-state index in [2.05, 4.69) is 15.1 Å². The van der Waals surface area contributed by atoms with E-state index in [4.69, 9.17) is 0 Å². The molecular weight excluding hydrogens is 226 g/mol. The molecule has 0 bridgehead atoms. The maximum absolute atomic E-state index is 11.4. The molecule has 0 aromatic carbocycles. The Morgan fingerprint density at radius 1 is 1.53 bits per heavy atom. The van der Waals surface area contributed by atoms with Crippen LogP contribution >= 0.6 is 0 Å². The number of carbonyl (C=O) groups is 1. The van der Waals surface area contributed by atoms with Crippen LogP contribution in [0.2, 0.25) is 0 Å². The topological polar surface area (TPSA) is 84.7 Å². The Morgan fingerprint density at radius 3 is 2.76 bits per heavy atom. The summed E-state index contributed by atoms with van der Waals surface area (Å²) >= 11 is 0. The van der Waals surface area contributed by atoms with Crippen molar-refractivity contribution >= 4 is 5.91 Å². The highest BCUT2D eigenvalue weighted by molar-refractivity contribution is 5.76. The summed E-state index contributed by atoms with van der Waals surface area (Å²) in [6.07, 6.45) is 1.77. The van der Waals surface area contributed by atoms with E-state index < -0.39 is 11.2 Å². The molecule has 0 aromatic rings. The van der Waals surface area contributed by atoms with E-state index in [-0.39, 0.29) is 12.3 Å². The van der Waals surface area contributed by atoms with Gasteiger partial charge in [0.1, 0.15) is 6.10 Å². The second-order valence-corrected chi connectivity index (χ2v) is 4.24. The van der Waals surface area contributed by atoms with Gasteiger partial charge in [-0.2, -0.15) is 0 Å². The number of likely N-dealkylation sites (tertiary alicyclic amines) is 1. The molecule has 1 fully saturated rings. The largest absolute Gasteiger partial charge is 0.355 e. The first kappa shape index (κ1) is 13.7. The van der Waals surface area contributed by atoms with Crippen LogP contribution in [-0.4, -0.2) is 48.2 Å². The molecule has 17 heavy (non-hydrogen) atoms. The van der Waals surface area contributed by atoms with Crippen LogP contribution in [-0.2, 0) is 9.63 Å². The van der Waals surface area contributed by atoms with Crippen molar-refractivity contribution in [3.63, 3.8) is 0 Å². The highest BCUT2D eigenvalue weighted by Crippen LogP contribution is 2.05. The van der Waals surface area contributed by atoms with Gasteiger partial charge in [-0.05, 0) is 32.9 Å². The minimum atomic E-state index is -0.873. The molecule has 1 rings (SSSR count). The van der Waals surface area contributed by atoms with Crippen molar-refractivity contribution in [2.75, 3.05) is 26.2 Å². The van der Waals surface area contributed by atoms with E-state index in [1.807, 2.05) is 0 Å². The van der Waals surface area contributed by atoms with Crippen LogP contribution in [0.5, 0.6) is 0 Å². The molecule has 1 amide bonds. The molecular formula is C10H19N3O4. The normalized spacial score (nSPS) is 17.7. The van der Waals surface area contributed by atoms with E-state index in [9.17, 15) is 14.9 Å². The minimum Gasteiger partial charge on any atom is -0.355 e. The third kappa shape index (κ3) is 6.06. The lowest BCUT2D eigenvalue weighted by Gasteiger charge is -2.15. The molecule has 1 atom stereocenters. The molecule has 1 unspecified atom stereocenters. The standard InChI is InChI=1S/C10H19N3O4/c1-9(17-13(15)16)8-10(14)11-4-7-12-5-2-3-6-12/h9H,2-8H2,1H3,(H,11,14). The Labute approximate surface area is 100 Å². The van der Waals surface area contributed by atoms with Gasteiger partial charge in [0.25, 0.3) is 5.09 Å². The first-order valence-electron chi connectivity index (χ1n) is 5.88. The second-order valence-electron chi connectivity index (χ2n) is 4.24. The van der Waals surface area contributed by atoms with Crippen LogP contribution < -0.4 is 5.32 Å². The molecule has 0 saturated carbocycles. The maximum Gasteiger partial charge on any atom is 0.294 e. The quantitative estimate of drug-likeness (QED) is 0.511. The van der Waals surface area contributed by atoms with E-state index in [1.165, 1.54) is 19.8 Å². The molecule has 7 nitrogen and oxygen atoms in total. The summed E-state index contributed by atoms with van der Waals surface area (Å²) in [6, 6.07) is 0. The Morgan fingerprint density at radius 2 is 2.18 bits per heavy atom. The fraction of sp³-hybridized carbons (Fsp3) is 0.900. The summed E-state index contributed by atoms with van der Waals surface area (Å²) in [5, 5.41) is 11.9. The Kier molecular flexibility index (Phi) is 5.68. The van der Waals surface area contributed by atoms with Gasteiger partial charge in [0.15, 0.2) is 0 Å². The molecule has 0 aromatic heterocycles. The third-order valence-electron chi connectivity index (χ3n) is 2.69. The minimum absolute atomic E-state index is 0.0149. The van der Waals surface area contributed by atoms with E-state index >= 15 is 0 Å². The lowest BCUT2D eigenvalue weighted by molar-refractivity contribution is -0.767. The van der Waals surface area contributed by atoms with Crippen molar-refractivity contribution in [3.8, 4) is 0 Å². The predicted molar refractivity (Wildman–Crippen MR) is 60.8 cm³/mol. The highest BCUT2D eigenvalue weighted by atomic mass is 17.0. The number of amides is 1. The van der Waals surface area contributed by atoms with Crippen LogP contribution in [0.1, 0.15) is 26.2 Å². The Bertz CT molecular complexity index is 266. The molecule has 1 aliphatic rings. The summed E-state index contributed by atoms with van der Waals surface area (Å²) in [5.41, 5.74) is 0. The molecule has 0 aliphatic carbocycles. The summed E-state index contributed by atoms with van der Waals surface area (Å²) in [5.74, 6) is -0.210. The zero-order valence-corrected chi connectivity index (χ0v) is 10.1. The van der Waals surface area contributed by atoms with E-state index in [0.717, 1.165) is 19.6 Å². The van der Waals surface area contributed by atoms with Gasteiger partial charge in [-0.1, -0.05) is 0 Å². The van der Waals surface area contributed by atoms with Gasteiger partial charge >= 0.3 is 0 Å². The number of carbonyl (C=O) groups excluding carboxylic acids is 1. The second kappa shape index (κ2) is 7.05. The lowest BCUT2D eigenvalue weighted by atomic mass is 10.3. The highest BCUT2D eigenvalue weighted by Gasteiger charge is 2.14. The fourth-order valence-corrected chi connectivity index (χ4v) is 1.88. The third-order valence-corrected chi connectivity index (χ3v) is 2.69. The van der Waals surface area contributed by atoms with Crippen molar-refractivity contribution in [2.45, 2.75) is 32.3 Å². The zero-order valence-electron chi connectivity index (χ0n) is 10.1. The van der Waals surface area contributed by atoms with Crippen molar-refractivity contribution in [3.05, 3.63) is 10.1 Å². The molecule has 1 saturated heterocycles. The summed E-state index contributed by atoms with van der Waals surface area (Å²) in [7, 11) is 0. The van der Waals surface area contributed by atoms with Crippen LogP contribution in [0.15, 0.2) is 0 Å². The number of nitrogens with zero attached hydrogens (tertiary/aromatic N) is 2. The smallest absolute Gasteiger partial charge is 0.294 e. The summed E-state index contributed by atoms with van der Waals surface area (Å²) < 4.78 is 0. The lowest BCUT2D eigenvalue weighted by Crippen LogP contribution is -2.35. The van der Waals surface area contributed by atoms with Gasteiger partial charge in [-0.15, -0.1) is 10.1 Å². The monoisotopic (exact) mass is 245 g/mol. The molecule has 7 heteroatoms. The molecule has 0 spiro atoms. The average Bonchev–Trinajstić information content (AvgIpc) is 2.68. The van der Waals surface area contributed by atoms with Gasteiger partial charge in [-0.25, -0.2) is 0 Å². The number of rotatable bonds is 7. The van der Waals surface area contributed by atoms with Crippen molar-refractivity contribution < 1.29 is 14.7 Å². The van der Waals surface area contributed by atoms with Gasteiger partial charge in [-0.3, -0.25) is 4.79 Å². The molecule has 1 aliphatic heterocycles. The first-order chi connectivity index (χ1) is 8.08. The Balaban J connectivity index is 2.05. The number of hydrogen-bond donors (Lipinski definition) is 1. The van der Waals surface area contributed by atoms with Gasteiger partial charge < -0.3 is 15.1 Å². The van der Waals surface area contributed by atoms with Crippen LogP contribution in [0, 0.1) is 10.1 Å². The van der Waals surface area contributed by atoms with Crippen LogP contribution in [0.3, 0.4) is 0 Å². The SMILES string of the molecule is CC(CC(=O)NCCN1CCCC1)O[N+](=O)[O-]. The van der Waals surface area contributed by atoms with Crippen molar-refractivity contribution in [2.24, 2.45) is 0 Å². The maximum atomic E-state index is 11.4. The summed E-state index contributed by atoms with van der Waals surface area (Å²) in [6.45, 7) is 5.12. The molecule has 98 valence electrons. The first-order valence-corrected chi connectivity index (χ1v) is 5.88. The predicted octanol–water partition coefficient (Wildman–Crippen LogP) is 0.185. The Hall–Kier alpha value is -1.37. The zero-order chi connectivity index (χ0) is 12.7. The fourth-order valence-electron chi connectivity index (χ4n) is 1.88. The van der Waals surface area contributed by atoms with Gasteiger partial charge in [0, 0.05) is 13.1 Å². The molecule has 1 heterocycles. The van der Waals surface area contributed by atoms with Crippen LogP contribution in [0.4, 0.5) is 0 Å². The number of nitrogens with one attached hydrogen (secondary N) is 1. The van der Waals surface area contributed by atoms with Crippen molar-refractivity contribution in [1.82, 2.24) is 10.2 Å². The summed E-state index contributed by atoms with van der Waals surface area (Å²) in [4.78, 5) is 27.9. The van der Waals surface area contributed by atoms with Gasteiger partial charge in [0.2, 0.25) is 5.91 Å². The number of hydrogen-bond acceptors (Lipinski definition) is 5.